The molecule has 2 rings (SSSR count). The zero-order valence-corrected chi connectivity index (χ0v) is 12.8. The second kappa shape index (κ2) is 6.27. The Balaban J connectivity index is 2.23. The summed E-state index contributed by atoms with van der Waals surface area (Å²) in [5.74, 6) is 0.897. The fraction of sp³-hybridized carbons (Fsp3) is 0.294. The van der Waals surface area contributed by atoms with Gasteiger partial charge in [-0.15, -0.1) is 0 Å². The van der Waals surface area contributed by atoms with Gasteiger partial charge in [0.05, 0.1) is 31.0 Å². The SMILES string of the molecule is COc1c(C)cnc(CN(C)c2ccc(C#N)cc2)c1C. The molecule has 1 aromatic heterocycles. The van der Waals surface area contributed by atoms with Gasteiger partial charge < -0.3 is 9.64 Å². The zero-order valence-electron chi connectivity index (χ0n) is 12.8. The Kier molecular flexibility index (Phi) is 4.44. The van der Waals surface area contributed by atoms with E-state index >= 15 is 0 Å². The van der Waals surface area contributed by atoms with Crippen molar-refractivity contribution in [3.8, 4) is 11.8 Å². The van der Waals surface area contributed by atoms with E-state index in [1.54, 1.807) is 7.11 Å². The third-order valence-electron chi connectivity index (χ3n) is 3.57. The molecule has 2 aromatic rings. The minimum Gasteiger partial charge on any atom is -0.496 e. The quantitative estimate of drug-likeness (QED) is 0.863. The number of anilines is 1. The standard InChI is InChI=1S/C17H19N3O/c1-12-10-19-16(13(2)17(12)21-4)11-20(3)15-7-5-14(9-18)6-8-15/h5-8,10H,11H2,1-4H3. The third-order valence-corrected chi connectivity index (χ3v) is 3.57. The smallest absolute Gasteiger partial charge is 0.128 e. The van der Waals surface area contributed by atoms with E-state index in [9.17, 15) is 0 Å². The van der Waals surface area contributed by atoms with Crippen LogP contribution < -0.4 is 9.64 Å². The number of nitriles is 1. The van der Waals surface area contributed by atoms with E-state index in [1.165, 1.54) is 0 Å². The summed E-state index contributed by atoms with van der Waals surface area (Å²) in [6.07, 6.45) is 1.84. The fourth-order valence-electron chi connectivity index (χ4n) is 2.34. The lowest BCUT2D eigenvalue weighted by Gasteiger charge is -2.21. The van der Waals surface area contributed by atoms with Gasteiger partial charge in [0, 0.05) is 30.1 Å². The summed E-state index contributed by atoms with van der Waals surface area (Å²) in [6, 6.07) is 9.66. The Morgan fingerprint density at radius 1 is 1.24 bits per heavy atom. The predicted molar refractivity (Wildman–Crippen MR) is 83.5 cm³/mol. The van der Waals surface area contributed by atoms with Gasteiger partial charge in [0.15, 0.2) is 0 Å². The molecule has 0 spiro atoms. The van der Waals surface area contributed by atoms with Crippen LogP contribution in [-0.2, 0) is 6.54 Å². The molecule has 0 fully saturated rings. The van der Waals surface area contributed by atoms with Crippen LogP contribution in [0, 0.1) is 25.2 Å². The molecule has 0 aliphatic carbocycles. The van der Waals surface area contributed by atoms with Gasteiger partial charge in [-0.1, -0.05) is 0 Å². The monoisotopic (exact) mass is 281 g/mol. The molecule has 0 amide bonds. The number of hydrogen-bond donors (Lipinski definition) is 0. The Hall–Kier alpha value is -2.54. The van der Waals surface area contributed by atoms with Crippen LogP contribution in [0.3, 0.4) is 0 Å². The average molecular weight is 281 g/mol. The molecule has 0 atom stereocenters. The molecular weight excluding hydrogens is 262 g/mol. The molecule has 21 heavy (non-hydrogen) atoms. The van der Waals surface area contributed by atoms with Crippen LogP contribution in [0.2, 0.25) is 0 Å². The second-order valence-electron chi connectivity index (χ2n) is 5.06. The van der Waals surface area contributed by atoms with E-state index in [-0.39, 0.29) is 0 Å². The van der Waals surface area contributed by atoms with E-state index < -0.39 is 0 Å². The van der Waals surface area contributed by atoms with Gasteiger partial charge in [-0.2, -0.15) is 5.26 Å². The molecule has 4 nitrogen and oxygen atoms in total. The van der Waals surface area contributed by atoms with Gasteiger partial charge in [0.2, 0.25) is 0 Å². The highest BCUT2D eigenvalue weighted by molar-refractivity contribution is 5.50. The van der Waals surface area contributed by atoms with Gasteiger partial charge in [-0.05, 0) is 38.1 Å². The predicted octanol–water partition coefficient (Wildman–Crippen LogP) is 3.22. The van der Waals surface area contributed by atoms with Crippen LogP contribution >= 0.6 is 0 Å². The number of benzene rings is 1. The Labute approximate surface area is 125 Å². The van der Waals surface area contributed by atoms with Crippen molar-refractivity contribution >= 4 is 5.69 Å². The molecule has 0 N–H and O–H groups in total. The van der Waals surface area contributed by atoms with E-state index in [4.69, 9.17) is 10.00 Å². The summed E-state index contributed by atoms with van der Waals surface area (Å²) in [5.41, 5.74) is 4.82. The van der Waals surface area contributed by atoms with Gasteiger partial charge in [-0.25, -0.2) is 0 Å². The van der Waals surface area contributed by atoms with Crippen LogP contribution in [-0.4, -0.2) is 19.1 Å². The summed E-state index contributed by atoms with van der Waals surface area (Å²) in [5, 5.41) is 8.83. The maximum Gasteiger partial charge on any atom is 0.128 e. The third kappa shape index (κ3) is 3.14. The summed E-state index contributed by atoms with van der Waals surface area (Å²) < 4.78 is 5.44. The topological polar surface area (TPSA) is 49.1 Å². The first-order valence-corrected chi connectivity index (χ1v) is 6.77. The Morgan fingerprint density at radius 2 is 1.90 bits per heavy atom. The highest BCUT2D eigenvalue weighted by atomic mass is 16.5. The fourth-order valence-corrected chi connectivity index (χ4v) is 2.34. The van der Waals surface area contributed by atoms with Crippen molar-refractivity contribution in [2.45, 2.75) is 20.4 Å². The molecule has 1 aromatic carbocycles. The number of hydrogen-bond acceptors (Lipinski definition) is 4. The molecule has 0 aliphatic rings. The van der Waals surface area contributed by atoms with Crippen molar-refractivity contribution in [2.75, 3.05) is 19.1 Å². The van der Waals surface area contributed by atoms with Gasteiger partial charge >= 0.3 is 0 Å². The first kappa shape index (κ1) is 14.9. The number of pyridine rings is 1. The average Bonchev–Trinajstić information content (AvgIpc) is 2.50. The van der Waals surface area contributed by atoms with Crippen molar-refractivity contribution in [1.29, 1.82) is 5.26 Å². The lowest BCUT2D eigenvalue weighted by molar-refractivity contribution is 0.407. The van der Waals surface area contributed by atoms with E-state index in [2.05, 4.69) is 16.0 Å². The number of nitrogens with zero attached hydrogens (tertiary/aromatic N) is 3. The van der Waals surface area contributed by atoms with Crippen LogP contribution in [0.1, 0.15) is 22.4 Å². The lowest BCUT2D eigenvalue weighted by atomic mass is 10.1. The summed E-state index contributed by atoms with van der Waals surface area (Å²) in [7, 11) is 3.69. The number of aromatic nitrogens is 1. The first-order valence-electron chi connectivity index (χ1n) is 6.77. The van der Waals surface area contributed by atoms with Crippen LogP contribution in [0.4, 0.5) is 5.69 Å². The molecule has 0 radical (unpaired) electrons. The van der Waals surface area contributed by atoms with Crippen molar-refractivity contribution in [1.82, 2.24) is 4.98 Å². The normalized spacial score (nSPS) is 10.0. The number of rotatable bonds is 4. The molecule has 0 saturated carbocycles. The van der Waals surface area contributed by atoms with Crippen molar-refractivity contribution in [3.63, 3.8) is 0 Å². The van der Waals surface area contributed by atoms with E-state index in [0.29, 0.717) is 12.1 Å². The number of ether oxygens (including phenoxy) is 1. The second-order valence-corrected chi connectivity index (χ2v) is 5.06. The molecular formula is C17H19N3O. The minimum absolute atomic E-state index is 0.665. The van der Waals surface area contributed by atoms with Crippen molar-refractivity contribution in [3.05, 3.63) is 52.8 Å². The van der Waals surface area contributed by atoms with Crippen LogP contribution in [0.15, 0.2) is 30.5 Å². The number of methoxy groups -OCH3 is 1. The number of aryl methyl sites for hydroxylation is 1. The van der Waals surface area contributed by atoms with Crippen LogP contribution in [0.5, 0.6) is 5.75 Å². The van der Waals surface area contributed by atoms with E-state index in [0.717, 1.165) is 28.3 Å². The summed E-state index contributed by atoms with van der Waals surface area (Å²) in [6.45, 7) is 4.71. The van der Waals surface area contributed by atoms with Gasteiger partial charge in [-0.3, -0.25) is 4.98 Å². The van der Waals surface area contributed by atoms with Gasteiger partial charge in [0.25, 0.3) is 0 Å². The van der Waals surface area contributed by atoms with Crippen LogP contribution in [0.25, 0.3) is 0 Å². The molecule has 108 valence electrons. The summed E-state index contributed by atoms with van der Waals surface area (Å²) in [4.78, 5) is 6.61. The van der Waals surface area contributed by atoms with Gasteiger partial charge in [0.1, 0.15) is 5.75 Å². The van der Waals surface area contributed by atoms with Crippen molar-refractivity contribution < 1.29 is 4.74 Å². The maximum atomic E-state index is 8.83. The van der Waals surface area contributed by atoms with E-state index in [1.807, 2.05) is 51.4 Å². The molecule has 1 heterocycles. The maximum absolute atomic E-state index is 8.83. The minimum atomic E-state index is 0.665. The highest BCUT2D eigenvalue weighted by Crippen LogP contribution is 2.25. The summed E-state index contributed by atoms with van der Waals surface area (Å²) >= 11 is 0. The Morgan fingerprint density at radius 3 is 2.48 bits per heavy atom. The lowest BCUT2D eigenvalue weighted by Crippen LogP contribution is -2.18. The zero-order chi connectivity index (χ0) is 15.4. The first-order chi connectivity index (χ1) is 10.1. The molecule has 4 heteroatoms. The van der Waals surface area contributed by atoms with Crippen molar-refractivity contribution in [2.24, 2.45) is 0 Å². The Bertz CT molecular complexity index is 672. The largest absolute Gasteiger partial charge is 0.496 e. The highest BCUT2D eigenvalue weighted by Gasteiger charge is 2.11. The molecule has 0 aliphatic heterocycles. The molecule has 0 bridgehead atoms. The molecule has 0 unspecified atom stereocenters. The molecule has 0 saturated heterocycles.